The van der Waals surface area contributed by atoms with Crippen LogP contribution >= 0.6 is 25.5 Å². The first-order valence-electron chi connectivity index (χ1n) is 3.96. The van der Waals surface area contributed by atoms with Crippen LogP contribution in [0.1, 0.15) is 5.56 Å². The molecule has 0 aliphatic carbocycles. The van der Waals surface area contributed by atoms with E-state index in [4.69, 9.17) is 4.52 Å². The van der Waals surface area contributed by atoms with Gasteiger partial charge in [0, 0.05) is 0 Å². The highest BCUT2D eigenvalue weighted by Gasteiger charge is 2.10. The Morgan fingerprint density at radius 3 is 3.14 bits per heavy atom. The van der Waals surface area contributed by atoms with E-state index >= 15 is 0 Å². The molecule has 1 aromatic carbocycles. The third kappa shape index (κ3) is 2.80. The monoisotopic (exact) mass is 243 g/mol. The summed E-state index contributed by atoms with van der Waals surface area (Å²) in [4.78, 5) is 3.06. The summed E-state index contributed by atoms with van der Waals surface area (Å²) >= 11 is 0. The molecular weight excluding hydrogens is 235 g/mol. The lowest BCUT2D eigenvalue weighted by molar-refractivity contribution is 0.611. The van der Waals surface area contributed by atoms with E-state index in [1.165, 1.54) is 5.56 Å². The van der Waals surface area contributed by atoms with Gasteiger partial charge in [0.15, 0.2) is 8.52 Å². The number of nitrogens with one attached hydrogen (secondary N) is 1. The second-order valence-electron chi connectivity index (χ2n) is 2.65. The summed E-state index contributed by atoms with van der Waals surface area (Å²) in [6.07, 6.45) is 0. The minimum Gasteiger partial charge on any atom is -0.439 e. The van der Waals surface area contributed by atoms with Crippen LogP contribution in [0.15, 0.2) is 33.3 Å². The molecule has 1 aliphatic heterocycles. The summed E-state index contributed by atoms with van der Waals surface area (Å²) in [5, 5.41) is 0. The maximum atomic E-state index is 5.65. The van der Waals surface area contributed by atoms with Crippen molar-refractivity contribution in [3.8, 4) is 5.75 Å². The second-order valence-corrected chi connectivity index (χ2v) is 5.99. The standard InChI is InChI=1S/C7H8N3OP3/c1-6-3-2-4-7(5-6)11-14-9-12-8-13-10-14/h2-5H,1H3,(H,8,9,10). The lowest BCUT2D eigenvalue weighted by Crippen LogP contribution is -1.96. The van der Waals surface area contributed by atoms with Gasteiger partial charge in [-0.2, -0.15) is 13.9 Å². The normalized spacial score (nSPS) is 21.9. The van der Waals surface area contributed by atoms with E-state index in [0.29, 0.717) is 0 Å². The van der Waals surface area contributed by atoms with Crippen molar-refractivity contribution < 1.29 is 4.52 Å². The quantitative estimate of drug-likeness (QED) is 0.787. The average molecular weight is 243 g/mol. The summed E-state index contributed by atoms with van der Waals surface area (Å²) < 4.78 is 13.8. The molecule has 0 aromatic heterocycles. The van der Waals surface area contributed by atoms with Gasteiger partial charge in [-0.25, -0.2) is 0 Å². The largest absolute Gasteiger partial charge is 0.439 e. The first-order valence-corrected chi connectivity index (χ1v) is 6.81. The Labute approximate surface area is 86.9 Å². The minimum absolute atomic E-state index is 0.758. The molecule has 1 heterocycles. The smallest absolute Gasteiger partial charge is 0.311 e. The number of rotatable bonds is 2. The Kier molecular flexibility index (Phi) is 3.55. The van der Waals surface area contributed by atoms with Crippen LogP contribution in [-0.4, -0.2) is 0 Å². The van der Waals surface area contributed by atoms with Gasteiger partial charge in [0.05, 0.1) is 0 Å². The molecule has 1 unspecified atom stereocenters. The summed E-state index contributed by atoms with van der Waals surface area (Å²) in [5.74, 6) is 0.861. The Morgan fingerprint density at radius 1 is 1.50 bits per heavy atom. The third-order valence-corrected chi connectivity index (χ3v) is 4.59. The van der Waals surface area contributed by atoms with Crippen molar-refractivity contribution in [2.75, 3.05) is 0 Å². The van der Waals surface area contributed by atoms with E-state index in [1.807, 2.05) is 31.2 Å². The van der Waals surface area contributed by atoms with Gasteiger partial charge in [0.1, 0.15) is 14.3 Å². The molecule has 0 saturated heterocycles. The van der Waals surface area contributed by atoms with Gasteiger partial charge in [0.2, 0.25) is 0 Å². The molecule has 2 rings (SSSR count). The lowest BCUT2D eigenvalue weighted by atomic mass is 10.2. The zero-order chi connectivity index (χ0) is 9.80. The maximum absolute atomic E-state index is 5.65. The van der Waals surface area contributed by atoms with Gasteiger partial charge in [-0.05, 0) is 24.6 Å². The van der Waals surface area contributed by atoms with Crippen LogP contribution < -0.4 is 9.38 Å². The molecule has 1 atom stereocenters. The zero-order valence-electron chi connectivity index (χ0n) is 7.45. The van der Waals surface area contributed by atoms with Crippen LogP contribution in [0, 0.1) is 6.92 Å². The summed E-state index contributed by atoms with van der Waals surface area (Å²) in [7, 11) is 0.705. The zero-order valence-corrected chi connectivity index (χ0v) is 10.1. The van der Waals surface area contributed by atoms with Gasteiger partial charge in [-0.15, -0.1) is 0 Å². The molecule has 1 N–H and O–H groups in total. The van der Waals surface area contributed by atoms with Crippen LogP contribution in [0.25, 0.3) is 0 Å². The summed E-state index contributed by atoms with van der Waals surface area (Å²) in [5.41, 5.74) is 1.19. The summed E-state index contributed by atoms with van der Waals surface area (Å²) in [6.45, 7) is 2.04. The SMILES string of the molecule is Cc1cccc(OP2N=PN=PN2)c1. The molecule has 0 saturated carbocycles. The van der Waals surface area contributed by atoms with Crippen molar-refractivity contribution in [1.29, 1.82) is 0 Å². The molecule has 4 nitrogen and oxygen atoms in total. The number of hydrogen-bond acceptors (Lipinski definition) is 4. The molecular formula is C7H8N3OP3. The average Bonchev–Trinajstić information content (AvgIpc) is 2.19. The van der Waals surface area contributed by atoms with Crippen molar-refractivity contribution in [3.63, 3.8) is 0 Å². The van der Waals surface area contributed by atoms with E-state index < -0.39 is 8.45 Å². The van der Waals surface area contributed by atoms with Gasteiger partial charge in [-0.3, -0.25) is 0 Å². The third-order valence-electron chi connectivity index (χ3n) is 1.52. The minimum atomic E-state index is -0.904. The molecule has 14 heavy (non-hydrogen) atoms. The summed E-state index contributed by atoms with van der Waals surface area (Å²) in [6, 6.07) is 7.95. The van der Waals surface area contributed by atoms with Crippen LogP contribution in [0.3, 0.4) is 0 Å². The van der Waals surface area contributed by atoms with E-state index in [9.17, 15) is 0 Å². The number of hydrogen-bond donors (Lipinski definition) is 1. The topological polar surface area (TPSA) is 46.0 Å². The second kappa shape index (κ2) is 4.91. The molecule has 0 radical (unpaired) electrons. The van der Waals surface area contributed by atoms with Crippen LogP contribution in [0.5, 0.6) is 5.75 Å². The van der Waals surface area contributed by atoms with Crippen LogP contribution in [0.4, 0.5) is 0 Å². The van der Waals surface area contributed by atoms with Gasteiger partial charge >= 0.3 is 8.45 Å². The molecule has 0 spiro atoms. The predicted octanol–water partition coefficient (Wildman–Crippen LogP) is 4.29. The van der Waals surface area contributed by atoms with Crippen molar-refractivity contribution >= 4 is 25.5 Å². The Balaban J connectivity index is 2.04. The number of aryl methyl sites for hydroxylation is 1. The molecule has 0 amide bonds. The van der Waals surface area contributed by atoms with Crippen molar-refractivity contribution in [2.45, 2.75) is 6.92 Å². The van der Waals surface area contributed by atoms with E-state index in [-0.39, 0.29) is 0 Å². The van der Waals surface area contributed by atoms with Gasteiger partial charge in [-0.1, -0.05) is 12.1 Å². The van der Waals surface area contributed by atoms with Crippen LogP contribution in [-0.2, 0) is 0 Å². The van der Waals surface area contributed by atoms with Crippen molar-refractivity contribution in [1.82, 2.24) is 4.86 Å². The Morgan fingerprint density at radius 2 is 2.43 bits per heavy atom. The van der Waals surface area contributed by atoms with E-state index in [0.717, 1.165) is 22.8 Å². The molecule has 7 heteroatoms. The predicted molar refractivity (Wildman–Crippen MR) is 60.6 cm³/mol. The van der Waals surface area contributed by atoms with E-state index in [1.54, 1.807) is 0 Å². The molecule has 0 bridgehead atoms. The van der Waals surface area contributed by atoms with Crippen molar-refractivity contribution in [2.24, 2.45) is 9.03 Å². The van der Waals surface area contributed by atoms with Gasteiger partial charge in [0.25, 0.3) is 0 Å². The molecule has 1 aromatic rings. The number of nitrogens with zero attached hydrogens (tertiary/aromatic N) is 2. The molecule has 72 valence electrons. The fourth-order valence-corrected chi connectivity index (χ4v) is 3.85. The lowest BCUT2D eigenvalue weighted by Gasteiger charge is -2.12. The fraction of sp³-hybridized carbons (Fsp3) is 0.143. The first kappa shape index (κ1) is 10.1. The highest BCUT2D eigenvalue weighted by atomic mass is 31.2. The van der Waals surface area contributed by atoms with Gasteiger partial charge < -0.3 is 4.52 Å². The Bertz CT molecular complexity index is 382. The highest BCUT2D eigenvalue weighted by molar-refractivity contribution is 7.64. The molecule has 0 fully saturated rings. The maximum Gasteiger partial charge on any atom is 0.311 e. The molecule has 1 aliphatic rings. The fourth-order valence-electron chi connectivity index (χ4n) is 0.963. The van der Waals surface area contributed by atoms with E-state index in [2.05, 4.69) is 13.9 Å². The first-order chi connectivity index (χ1) is 6.84. The Hall–Kier alpha value is -0.390. The van der Waals surface area contributed by atoms with Crippen molar-refractivity contribution in [3.05, 3.63) is 29.8 Å². The highest BCUT2D eigenvalue weighted by Crippen LogP contribution is 2.44. The van der Waals surface area contributed by atoms with Crippen LogP contribution in [0.2, 0.25) is 0 Å². The number of benzene rings is 1.